The topological polar surface area (TPSA) is 59.2 Å². The molecule has 85 valence electrons. The zero-order valence-corrected chi connectivity index (χ0v) is 9.28. The van der Waals surface area contributed by atoms with Gasteiger partial charge in [0.15, 0.2) is 0 Å². The first-order chi connectivity index (χ1) is 7.77. The molecule has 4 heteroatoms. The SMILES string of the molecule is NC(=O)c1[c]c(N2CCCCCC2)ccn1. The van der Waals surface area contributed by atoms with E-state index >= 15 is 0 Å². The van der Waals surface area contributed by atoms with Gasteiger partial charge in [-0.15, -0.1) is 0 Å². The van der Waals surface area contributed by atoms with Crippen LogP contribution in [0.5, 0.6) is 0 Å². The molecule has 1 aromatic heterocycles. The summed E-state index contributed by atoms with van der Waals surface area (Å²) in [5.41, 5.74) is 6.35. The Morgan fingerprint density at radius 2 is 2.00 bits per heavy atom. The van der Waals surface area contributed by atoms with Crippen LogP contribution < -0.4 is 10.6 Å². The van der Waals surface area contributed by atoms with Crippen LogP contribution >= 0.6 is 0 Å². The lowest BCUT2D eigenvalue weighted by Gasteiger charge is -2.22. The number of amides is 1. The minimum Gasteiger partial charge on any atom is -0.371 e. The second-order valence-electron chi connectivity index (χ2n) is 4.07. The number of primary amides is 1. The smallest absolute Gasteiger partial charge is 0.268 e. The lowest BCUT2D eigenvalue weighted by atomic mass is 10.2. The predicted octanol–water partition coefficient (Wildman–Crippen LogP) is 1.36. The van der Waals surface area contributed by atoms with Crippen molar-refractivity contribution in [2.75, 3.05) is 18.0 Å². The van der Waals surface area contributed by atoms with Crippen LogP contribution in [0.2, 0.25) is 0 Å². The number of anilines is 1. The maximum absolute atomic E-state index is 11.0. The Hall–Kier alpha value is -1.58. The molecule has 0 spiro atoms. The molecule has 1 saturated heterocycles. The van der Waals surface area contributed by atoms with Crippen LogP contribution in [0.15, 0.2) is 12.3 Å². The van der Waals surface area contributed by atoms with Crippen molar-refractivity contribution in [3.8, 4) is 0 Å². The first kappa shape index (κ1) is 10.9. The Morgan fingerprint density at radius 1 is 1.31 bits per heavy atom. The molecule has 1 aromatic rings. The van der Waals surface area contributed by atoms with Crippen molar-refractivity contribution in [3.05, 3.63) is 24.0 Å². The van der Waals surface area contributed by atoms with Crippen LogP contribution in [0.4, 0.5) is 5.69 Å². The molecule has 0 unspecified atom stereocenters. The van der Waals surface area contributed by atoms with Crippen molar-refractivity contribution in [2.45, 2.75) is 25.7 Å². The molecule has 1 amide bonds. The molecule has 0 saturated carbocycles. The van der Waals surface area contributed by atoms with Gasteiger partial charge in [-0.1, -0.05) is 12.8 Å². The molecule has 1 fully saturated rings. The quantitative estimate of drug-likeness (QED) is 0.815. The van der Waals surface area contributed by atoms with Crippen molar-refractivity contribution in [1.29, 1.82) is 0 Å². The maximum atomic E-state index is 11.0. The molecular formula is C12H16N3O. The van der Waals surface area contributed by atoms with Crippen LogP contribution in [0, 0.1) is 6.07 Å². The summed E-state index contributed by atoms with van der Waals surface area (Å²) < 4.78 is 0. The molecular weight excluding hydrogens is 202 g/mol. The second-order valence-corrected chi connectivity index (χ2v) is 4.07. The Bertz CT molecular complexity index is 370. The van der Waals surface area contributed by atoms with Gasteiger partial charge in [-0.05, 0) is 18.9 Å². The van der Waals surface area contributed by atoms with Gasteiger partial charge in [-0.3, -0.25) is 9.78 Å². The lowest BCUT2D eigenvalue weighted by molar-refractivity contribution is 0.0995. The molecule has 0 bridgehead atoms. The second kappa shape index (κ2) is 4.96. The molecule has 0 aliphatic carbocycles. The Labute approximate surface area is 95.5 Å². The molecule has 0 aromatic carbocycles. The van der Waals surface area contributed by atoms with E-state index in [9.17, 15) is 4.79 Å². The summed E-state index contributed by atoms with van der Waals surface area (Å²) in [6.45, 7) is 2.05. The summed E-state index contributed by atoms with van der Waals surface area (Å²) in [6.07, 6.45) is 6.58. The maximum Gasteiger partial charge on any atom is 0.268 e. The number of hydrogen-bond acceptors (Lipinski definition) is 3. The summed E-state index contributed by atoms with van der Waals surface area (Å²) in [6, 6.07) is 4.87. The van der Waals surface area contributed by atoms with Crippen LogP contribution in [0.3, 0.4) is 0 Å². The molecule has 2 rings (SSSR count). The van der Waals surface area contributed by atoms with Gasteiger partial charge in [0.05, 0.1) is 0 Å². The van der Waals surface area contributed by atoms with Gasteiger partial charge in [0.1, 0.15) is 5.69 Å². The van der Waals surface area contributed by atoms with E-state index in [1.165, 1.54) is 25.7 Å². The number of carbonyl (C=O) groups excluding carboxylic acids is 1. The van der Waals surface area contributed by atoms with E-state index in [4.69, 9.17) is 5.73 Å². The normalized spacial score (nSPS) is 16.9. The first-order valence-electron chi connectivity index (χ1n) is 5.70. The van der Waals surface area contributed by atoms with Crippen LogP contribution in [-0.2, 0) is 0 Å². The van der Waals surface area contributed by atoms with Gasteiger partial charge in [0.2, 0.25) is 0 Å². The van der Waals surface area contributed by atoms with Gasteiger partial charge in [-0.25, -0.2) is 0 Å². The van der Waals surface area contributed by atoms with Gasteiger partial charge in [0, 0.05) is 31.0 Å². The Morgan fingerprint density at radius 3 is 2.62 bits per heavy atom. The standard InChI is InChI=1S/C12H16N3O/c13-12(16)11-9-10(5-6-14-11)15-7-3-1-2-4-8-15/h5-6H,1-4,7-8H2,(H2,13,16). The van der Waals surface area contributed by atoms with Gasteiger partial charge in [0.25, 0.3) is 5.91 Å². The third-order valence-corrected chi connectivity index (χ3v) is 2.86. The van der Waals surface area contributed by atoms with E-state index in [2.05, 4.69) is 16.0 Å². The average molecular weight is 218 g/mol. The molecule has 1 radical (unpaired) electrons. The van der Waals surface area contributed by atoms with E-state index in [1.807, 2.05) is 6.07 Å². The largest absolute Gasteiger partial charge is 0.371 e. The number of nitrogens with zero attached hydrogens (tertiary/aromatic N) is 2. The highest BCUT2D eigenvalue weighted by Crippen LogP contribution is 2.18. The number of nitrogens with two attached hydrogens (primary N) is 1. The monoisotopic (exact) mass is 218 g/mol. The van der Waals surface area contributed by atoms with Crippen molar-refractivity contribution >= 4 is 11.6 Å². The van der Waals surface area contributed by atoms with E-state index < -0.39 is 5.91 Å². The lowest BCUT2D eigenvalue weighted by Crippen LogP contribution is -2.24. The van der Waals surface area contributed by atoms with E-state index in [1.54, 1.807) is 6.20 Å². The average Bonchev–Trinajstić information content (AvgIpc) is 2.57. The predicted molar refractivity (Wildman–Crippen MR) is 62.3 cm³/mol. The molecule has 0 atom stereocenters. The summed E-state index contributed by atoms with van der Waals surface area (Å²) in [5.74, 6) is -0.517. The van der Waals surface area contributed by atoms with Crippen LogP contribution in [0.1, 0.15) is 36.2 Å². The first-order valence-corrected chi connectivity index (χ1v) is 5.70. The number of hydrogen-bond donors (Lipinski definition) is 1. The zero-order valence-electron chi connectivity index (χ0n) is 9.28. The number of rotatable bonds is 2. The van der Waals surface area contributed by atoms with Crippen LogP contribution in [-0.4, -0.2) is 24.0 Å². The minimum absolute atomic E-state index is 0.224. The van der Waals surface area contributed by atoms with Crippen LogP contribution in [0.25, 0.3) is 0 Å². The van der Waals surface area contributed by atoms with Crippen molar-refractivity contribution < 1.29 is 4.79 Å². The summed E-state index contributed by atoms with van der Waals surface area (Å²) in [7, 11) is 0. The van der Waals surface area contributed by atoms with Crippen molar-refractivity contribution in [3.63, 3.8) is 0 Å². The summed E-state index contributed by atoms with van der Waals surface area (Å²) in [4.78, 5) is 17.2. The third kappa shape index (κ3) is 2.51. The third-order valence-electron chi connectivity index (χ3n) is 2.86. The van der Waals surface area contributed by atoms with Gasteiger partial charge >= 0.3 is 0 Å². The Kier molecular flexibility index (Phi) is 3.39. The fourth-order valence-corrected chi connectivity index (χ4v) is 2.00. The Balaban J connectivity index is 2.18. The van der Waals surface area contributed by atoms with Gasteiger partial charge in [-0.2, -0.15) is 0 Å². The van der Waals surface area contributed by atoms with E-state index in [0.29, 0.717) is 0 Å². The molecule has 2 N–H and O–H groups in total. The molecule has 1 aliphatic rings. The highest BCUT2D eigenvalue weighted by atomic mass is 16.1. The van der Waals surface area contributed by atoms with E-state index in [0.717, 1.165) is 18.8 Å². The molecule has 1 aliphatic heterocycles. The fraction of sp³-hybridized carbons (Fsp3) is 0.500. The highest BCUT2D eigenvalue weighted by molar-refractivity contribution is 5.91. The molecule has 2 heterocycles. The number of pyridine rings is 1. The number of aromatic nitrogens is 1. The molecule has 4 nitrogen and oxygen atoms in total. The highest BCUT2D eigenvalue weighted by Gasteiger charge is 2.12. The summed E-state index contributed by atoms with van der Waals surface area (Å²) in [5, 5.41) is 0. The number of carbonyl (C=O) groups is 1. The van der Waals surface area contributed by atoms with E-state index in [-0.39, 0.29) is 5.69 Å². The summed E-state index contributed by atoms with van der Waals surface area (Å²) >= 11 is 0. The van der Waals surface area contributed by atoms with Crippen molar-refractivity contribution in [2.24, 2.45) is 5.73 Å². The molecule has 16 heavy (non-hydrogen) atoms. The zero-order chi connectivity index (χ0) is 11.4. The fourth-order valence-electron chi connectivity index (χ4n) is 2.00. The van der Waals surface area contributed by atoms with Gasteiger partial charge < -0.3 is 10.6 Å². The minimum atomic E-state index is -0.517. The van der Waals surface area contributed by atoms with Crippen molar-refractivity contribution in [1.82, 2.24) is 4.98 Å².